The van der Waals surface area contributed by atoms with Gasteiger partial charge in [0.1, 0.15) is 17.2 Å². The second-order valence-corrected chi connectivity index (χ2v) is 4.36. The first kappa shape index (κ1) is 17.9. The third-order valence-corrected chi connectivity index (χ3v) is 3.07. The smallest absolute Gasteiger partial charge is 0.191 e. The molecule has 0 spiro atoms. The molecule has 0 aromatic heterocycles. The van der Waals surface area contributed by atoms with Gasteiger partial charge in [-0.3, -0.25) is 4.99 Å². The fraction of sp³-hybridized carbons (Fsp3) is 0.533. The average molecular weight is 311 g/mol. The van der Waals surface area contributed by atoms with E-state index in [1.165, 1.54) is 0 Å². The van der Waals surface area contributed by atoms with E-state index in [2.05, 4.69) is 15.6 Å². The second kappa shape index (κ2) is 9.73. The van der Waals surface area contributed by atoms with Crippen LogP contribution < -0.4 is 24.8 Å². The Morgan fingerprint density at radius 1 is 1.00 bits per heavy atom. The van der Waals surface area contributed by atoms with Crippen LogP contribution in [0.1, 0.15) is 5.56 Å². The van der Waals surface area contributed by atoms with Crippen molar-refractivity contribution in [2.45, 2.75) is 6.54 Å². The topological polar surface area (TPSA) is 73.3 Å². The molecule has 7 nitrogen and oxygen atoms in total. The molecular formula is C15H25N3O4. The number of aliphatic imine (C=N–C) groups is 1. The Labute approximate surface area is 131 Å². The van der Waals surface area contributed by atoms with Gasteiger partial charge in [0.15, 0.2) is 5.96 Å². The molecule has 1 aromatic carbocycles. The first-order valence-electron chi connectivity index (χ1n) is 6.92. The van der Waals surface area contributed by atoms with Crippen molar-refractivity contribution in [2.75, 3.05) is 48.6 Å². The number of hydrogen-bond donors (Lipinski definition) is 2. The minimum atomic E-state index is 0.503. The lowest BCUT2D eigenvalue weighted by Crippen LogP contribution is -2.38. The molecule has 0 saturated carbocycles. The Morgan fingerprint density at radius 3 is 2.09 bits per heavy atom. The predicted octanol–water partition coefficient (Wildman–Crippen LogP) is 1.02. The number of rotatable bonds is 8. The van der Waals surface area contributed by atoms with E-state index >= 15 is 0 Å². The molecule has 1 aromatic rings. The number of guanidine groups is 1. The Bertz CT molecular complexity index is 467. The van der Waals surface area contributed by atoms with E-state index < -0.39 is 0 Å². The van der Waals surface area contributed by atoms with Gasteiger partial charge in [-0.05, 0) is 0 Å². The van der Waals surface area contributed by atoms with Gasteiger partial charge in [0, 0.05) is 32.8 Å². The summed E-state index contributed by atoms with van der Waals surface area (Å²) < 4.78 is 21.1. The third kappa shape index (κ3) is 5.00. The van der Waals surface area contributed by atoms with Crippen LogP contribution in [0.2, 0.25) is 0 Å². The van der Waals surface area contributed by atoms with E-state index in [-0.39, 0.29) is 0 Å². The van der Waals surface area contributed by atoms with E-state index in [1.807, 2.05) is 12.1 Å². The quantitative estimate of drug-likeness (QED) is 0.424. The van der Waals surface area contributed by atoms with Gasteiger partial charge in [0.25, 0.3) is 0 Å². The van der Waals surface area contributed by atoms with Crippen LogP contribution in [0, 0.1) is 0 Å². The summed E-state index contributed by atoms with van der Waals surface area (Å²) in [6.07, 6.45) is 0. The number of hydrogen-bond acceptors (Lipinski definition) is 5. The molecule has 22 heavy (non-hydrogen) atoms. The molecule has 1 rings (SSSR count). The Hall–Kier alpha value is -2.15. The van der Waals surface area contributed by atoms with E-state index in [1.54, 1.807) is 35.5 Å². The van der Waals surface area contributed by atoms with Crippen molar-refractivity contribution in [3.8, 4) is 17.2 Å². The highest BCUT2D eigenvalue weighted by molar-refractivity contribution is 5.79. The summed E-state index contributed by atoms with van der Waals surface area (Å²) in [7, 11) is 8.20. The minimum Gasteiger partial charge on any atom is -0.496 e. The zero-order valence-electron chi connectivity index (χ0n) is 13.9. The summed E-state index contributed by atoms with van der Waals surface area (Å²) in [5.74, 6) is 2.74. The maximum Gasteiger partial charge on any atom is 0.191 e. The van der Waals surface area contributed by atoms with Crippen LogP contribution >= 0.6 is 0 Å². The molecule has 2 N–H and O–H groups in total. The number of nitrogens with one attached hydrogen (secondary N) is 2. The van der Waals surface area contributed by atoms with Crippen molar-refractivity contribution >= 4 is 5.96 Å². The predicted molar refractivity (Wildman–Crippen MR) is 86.2 cm³/mol. The number of methoxy groups -OCH3 is 4. The third-order valence-electron chi connectivity index (χ3n) is 3.07. The molecule has 124 valence electrons. The van der Waals surface area contributed by atoms with Gasteiger partial charge in [-0.15, -0.1) is 0 Å². The van der Waals surface area contributed by atoms with Crippen LogP contribution in [-0.4, -0.2) is 54.6 Å². The molecule has 0 aliphatic heterocycles. The first-order valence-corrected chi connectivity index (χ1v) is 6.92. The number of benzene rings is 1. The molecule has 0 heterocycles. The van der Waals surface area contributed by atoms with Gasteiger partial charge in [0.2, 0.25) is 0 Å². The summed E-state index contributed by atoms with van der Waals surface area (Å²) in [5.41, 5.74) is 0.889. The highest BCUT2D eigenvalue weighted by Crippen LogP contribution is 2.33. The molecule has 0 atom stereocenters. The van der Waals surface area contributed by atoms with E-state index in [0.717, 1.165) is 5.56 Å². The fourth-order valence-electron chi connectivity index (χ4n) is 1.92. The molecule has 0 saturated heterocycles. The van der Waals surface area contributed by atoms with Gasteiger partial charge in [0.05, 0.1) is 40.0 Å². The molecule has 0 unspecified atom stereocenters. The Balaban J connectivity index is 2.83. The van der Waals surface area contributed by atoms with Gasteiger partial charge in [-0.1, -0.05) is 0 Å². The fourth-order valence-corrected chi connectivity index (χ4v) is 1.92. The largest absolute Gasteiger partial charge is 0.496 e. The van der Waals surface area contributed by atoms with Crippen LogP contribution in [0.25, 0.3) is 0 Å². The van der Waals surface area contributed by atoms with Crippen molar-refractivity contribution in [3.05, 3.63) is 17.7 Å². The lowest BCUT2D eigenvalue weighted by Gasteiger charge is -2.17. The van der Waals surface area contributed by atoms with Crippen LogP contribution in [0.15, 0.2) is 17.1 Å². The monoisotopic (exact) mass is 311 g/mol. The second-order valence-electron chi connectivity index (χ2n) is 4.36. The SMILES string of the molecule is CN=C(NCCOC)NCc1c(OC)cc(OC)cc1OC. The highest BCUT2D eigenvalue weighted by Gasteiger charge is 2.13. The Kier molecular flexibility index (Phi) is 7.91. The zero-order chi connectivity index (χ0) is 16.4. The molecule has 0 aliphatic carbocycles. The van der Waals surface area contributed by atoms with Crippen molar-refractivity contribution in [1.29, 1.82) is 0 Å². The maximum atomic E-state index is 5.41. The molecule has 0 aliphatic rings. The van der Waals surface area contributed by atoms with E-state index in [0.29, 0.717) is 42.9 Å². The Morgan fingerprint density at radius 2 is 1.64 bits per heavy atom. The van der Waals surface area contributed by atoms with Crippen LogP contribution in [0.3, 0.4) is 0 Å². The first-order chi connectivity index (χ1) is 10.7. The van der Waals surface area contributed by atoms with Crippen LogP contribution in [0.5, 0.6) is 17.2 Å². The van der Waals surface area contributed by atoms with Gasteiger partial charge < -0.3 is 29.6 Å². The molecule has 0 bridgehead atoms. The molecular weight excluding hydrogens is 286 g/mol. The lowest BCUT2D eigenvalue weighted by molar-refractivity contribution is 0.203. The minimum absolute atomic E-state index is 0.503. The van der Waals surface area contributed by atoms with Gasteiger partial charge in [-0.25, -0.2) is 0 Å². The number of ether oxygens (including phenoxy) is 4. The van der Waals surface area contributed by atoms with Crippen molar-refractivity contribution < 1.29 is 18.9 Å². The van der Waals surface area contributed by atoms with Gasteiger partial charge >= 0.3 is 0 Å². The van der Waals surface area contributed by atoms with Gasteiger partial charge in [-0.2, -0.15) is 0 Å². The molecule has 0 radical (unpaired) electrons. The summed E-state index contributed by atoms with van der Waals surface area (Å²) in [6, 6.07) is 3.64. The summed E-state index contributed by atoms with van der Waals surface area (Å²) in [4.78, 5) is 4.15. The summed E-state index contributed by atoms with van der Waals surface area (Å²) in [6.45, 7) is 1.78. The molecule has 7 heteroatoms. The summed E-state index contributed by atoms with van der Waals surface area (Å²) in [5, 5.41) is 6.36. The number of nitrogens with zero attached hydrogens (tertiary/aromatic N) is 1. The maximum absolute atomic E-state index is 5.41. The lowest BCUT2D eigenvalue weighted by atomic mass is 10.1. The highest BCUT2D eigenvalue weighted by atomic mass is 16.5. The van der Waals surface area contributed by atoms with Crippen molar-refractivity contribution in [2.24, 2.45) is 4.99 Å². The molecule has 0 fully saturated rings. The van der Waals surface area contributed by atoms with Crippen molar-refractivity contribution in [1.82, 2.24) is 10.6 Å². The van der Waals surface area contributed by atoms with E-state index in [9.17, 15) is 0 Å². The molecule has 0 amide bonds. The van der Waals surface area contributed by atoms with Crippen LogP contribution in [0.4, 0.5) is 0 Å². The van der Waals surface area contributed by atoms with Crippen molar-refractivity contribution in [3.63, 3.8) is 0 Å². The zero-order valence-corrected chi connectivity index (χ0v) is 13.9. The normalized spacial score (nSPS) is 11.0. The average Bonchev–Trinajstić information content (AvgIpc) is 2.57. The van der Waals surface area contributed by atoms with Crippen LogP contribution in [-0.2, 0) is 11.3 Å². The standard InChI is InChI=1S/C15H25N3O4/c1-16-15(17-6-7-19-2)18-10-12-13(21-4)8-11(20-3)9-14(12)22-5/h8-9H,6-7,10H2,1-5H3,(H2,16,17,18). The summed E-state index contributed by atoms with van der Waals surface area (Å²) >= 11 is 0. The van der Waals surface area contributed by atoms with E-state index in [4.69, 9.17) is 18.9 Å².